The van der Waals surface area contributed by atoms with Crippen molar-refractivity contribution in [3.05, 3.63) is 11.2 Å². The molecule has 2 rings (SSSR count). The summed E-state index contributed by atoms with van der Waals surface area (Å²) in [6, 6.07) is 0.352. The van der Waals surface area contributed by atoms with Crippen molar-refractivity contribution in [2.75, 3.05) is 51.3 Å². The number of piperazine rings is 1. The van der Waals surface area contributed by atoms with Crippen molar-refractivity contribution in [2.45, 2.75) is 6.42 Å². The van der Waals surface area contributed by atoms with Crippen LogP contribution in [0.15, 0.2) is 6.20 Å². The van der Waals surface area contributed by atoms with Crippen molar-refractivity contribution >= 4 is 17.4 Å². The molecule has 1 aliphatic rings. The van der Waals surface area contributed by atoms with Crippen LogP contribution in [0, 0.1) is 0 Å². The van der Waals surface area contributed by atoms with E-state index in [1.54, 1.807) is 13.3 Å². The summed E-state index contributed by atoms with van der Waals surface area (Å²) in [6.07, 6.45) is 2.63. The number of methoxy groups -OCH3 is 1. The van der Waals surface area contributed by atoms with E-state index in [0.29, 0.717) is 11.0 Å². The van der Waals surface area contributed by atoms with Gasteiger partial charge < -0.3 is 15.4 Å². The first kappa shape index (κ1) is 14.3. The predicted octanol–water partition coefficient (Wildman–Crippen LogP) is 0.609. The van der Waals surface area contributed by atoms with Crippen LogP contribution in [0.3, 0.4) is 0 Å². The number of halogens is 1. The molecule has 0 aliphatic carbocycles. The van der Waals surface area contributed by atoms with E-state index in [1.807, 2.05) is 0 Å². The smallest absolute Gasteiger partial charge is 0.318 e. The van der Waals surface area contributed by atoms with Gasteiger partial charge in [-0.05, 0) is 19.5 Å². The zero-order valence-electron chi connectivity index (χ0n) is 11.2. The molecule has 0 amide bonds. The molecule has 2 heterocycles. The van der Waals surface area contributed by atoms with Crippen molar-refractivity contribution in [3.63, 3.8) is 0 Å². The summed E-state index contributed by atoms with van der Waals surface area (Å²) >= 11 is 6.15. The van der Waals surface area contributed by atoms with Crippen LogP contribution in [0.4, 0.5) is 5.82 Å². The monoisotopic (exact) mass is 285 g/mol. The highest BCUT2D eigenvalue weighted by molar-refractivity contribution is 6.32. The molecule has 19 heavy (non-hydrogen) atoms. The Balaban J connectivity index is 1.97. The van der Waals surface area contributed by atoms with Crippen molar-refractivity contribution in [1.82, 2.24) is 14.9 Å². The lowest BCUT2D eigenvalue weighted by atomic mass is 10.3. The summed E-state index contributed by atoms with van der Waals surface area (Å²) in [5, 5.41) is 0.566. The number of anilines is 1. The summed E-state index contributed by atoms with van der Waals surface area (Å²) in [5.74, 6) is 0.756. The fourth-order valence-electron chi connectivity index (χ4n) is 2.16. The molecule has 6 nitrogen and oxygen atoms in total. The minimum absolute atomic E-state index is 0.352. The summed E-state index contributed by atoms with van der Waals surface area (Å²) in [5.41, 5.74) is 5.53. The van der Waals surface area contributed by atoms with Gasteiger partial charge >= 0.3 is 6.01 Å². The summed E-state index contributed by atoms with van der Waals surface area (Å²) in [4.78, 5) is 12.9. The van der Waals surface area contributed by atoms with E-state index in [9.17, 15) is 0 Å². The summed E-state index contributed by atoms with van der Waals surface area (Å²) in [7, 11) is 1.55. The molecule has 1 saturated heterocycles. The van der Waals surface area contributed by atoms with Gasteiger partial charge in [-0.15, -0.1) is 0 Å². The highest BCUT2D eigenvalue weighted by Gasteiger charge is 2.20. The number of hydrogen-bond donors (Lipinski definition) is 1. The van der Waals surface area contributed by atoms with Crippen LogP contribution in [0.25, 0.3) is 0 Å². The maximum atomic E-state index is 6.15. The van der Waals surface area contributed by atoms with Gasteiger partial charge in [0, 0.05) is 26.2 Å². The fraction of sp³-hybridized carbons (Fsp3) is 0.667. The molecule has 1 fully saturated rings. The Labute approximate surface area is 118 Å². The zero-order valence-corrected chi connectivity index (χ0v) is 11.9. The lowest BCUT2D eigenvalue weighted by molar-refractivity contribution is 0.255. The normalized spacial score (nSPS) is 16.7. The van der Waals surface area contributed by atoms with Crippen LogP contribution in [0.2, 0.25) is 5.02 Å². The quantitative estimate of drug-likeness (QED) is 0.855. The number of aromatic nitrogens is 2. The first-order valence-corrected chi connectivity index (χ1v) is 6.86. The Bertz CT molecular complexity index is 409. The molecule has 106 valence electrons. The summed E-state index contributed by atoms with van der Waals surface area (Å²) < 4.78 is 5.04. The molecular weight excluding hydrogens is 266 g/mol. The molecule has 0 aromatic carbocycles. The van der Waals surface area contributed by atoms with Crippen LogP contribution >= 0.6 is 11.6 Å². The van der Waals surface area contributed by atoms with Crippen LogP contribution < -0.4 is 15.4 Å². The largest absolute Gasteiger partial charge is 0.467 e. The van der Waals surface area contributed by atoms with E-state index in [4.69, 9.17) is 22.1 Å². The van der Waals surface area contributed by atoms with Gasteiger partial charge in [0.1, 0.15) is 5.02 Å². The summed E-state index contributed by atoms with van der Waals surface area (Å²) in [6.45, 7) is 5.63. The van der Waals surface area contributed by atoms with Gasteiger partial charge in [0.05, 0.1) is 13.3 Å². The third-order valence-corrected chi connectivity index (χ3v) is 3.50. The topological polar surface area (TPSA) is 67.5 Å². The molecule has 0 radical (unpaired) electrons. The highest BCUT2D eigenvalue weighted by Crippen LogP contribution is 2.25. The van der Waals surface area contributed by atoms with E-state index in [0.717, 1.165) is 51.5 Å². The number of nitrogens with two attached hydrogens (primary N) is 1. The minimum atomic E-state index is 0.352. The van der Waals surface area contributed by atoms with Gasteiger partial charge in [0.15, 0.2) is 5.82 Å². The van der Waals surface area contributed by atoms with Crippen molar-refractivity contribution in [3.8, 4) is 6.01 Å². The third kappa shape index (κ3) is 3.68. The highest BCUT2D eigenvalue weighted by atomic mass is 35.5. The van der Waals surface area contributed by atoms with Gasteiger partial charge in [-0.25, -0.2) is 4.98 Å². The second-order valence-corrected chi connectivity index (χ2v) is 4.91. The first-order chi connectivity index (χ1) is 9.24. The van der Waals surface area contributed by atoms with E-state index < -0.39 is 0 Å². The standard InChI is InChI=1S/C12H20ClN5O/c1-19-12-15-9-10(13)11(16-12)18-7-5-17(6-8-18)4-2-3-14/h9H,2-8,14H2,1H3. The Morgan fingerprint density at radius 1 is 1.37 bits per heavy atom. The first-order valence-electron chi connectivity index (χ1n) is 6.48. The molecule has 0 saturated carbocycles. The second-order valence-electron chi connectivity index (χ2n) is 4.50. The molecule has 1 aliphatic heterocycles. The molecule has 2 N–H and O–H groups in total. The van der Waals surface area contributed by atoms with Gasteiger partial charge in [-0.1, -0.05) is 11.6 Å². The zero-order chi connectivity index (χ0) is 13.7. The van der Waals surface area contributed by atoms with E-state index in [1.165, 1.54) is 0 Å². The Morgan fingerprint density at radius 2 is 2.11 bits per heavy atom. The second kappa shape index (κ2) is 6.88. The van der Waals surface area contributed by atoms with E-state index in [2.05, 4.69) is 19.8 Å². The van der Waals surface area contributed by atoms with Crippen molar-refractivity contribution in [1.29, 1.82) is 0 Å². The molecule has 0 spiro atoms. The van der Waals surface area contributed by atoms with Crippen molar-refractivity contribution in [2.24, 2.45) is 5.73 Å². The predicted molar refractivity (Wildman–Crippen MR) is 75.9 cm³/mol. The van der Waals surface area contributed by atoms with Crippen molar-refractivity contribution < 1.29 is 4.74 Å². The lowest BCUT2D eigenvalue weighted by Gasteiger charge is -2.35. The molecule has 0 unspecified atom stereocenters. The SMILES string of the molecule is COc1ncc(Cl)c(N2CCN(CCCN)CC2)n1. The average molecular weight is 286 g/mol. The van der Waals surface area contributed by atoms with E-state index in [-0.39, 0.29) is 0 Å². The number of rotatable bonds is 5. The van der Waals surface area contributed by atoms with Crippen LogP contribution in [-0.2, 0) is 0 Å². The number of ether oxygens (including phenoxy) is 1. The Kier molecular flexibility index (Phi) is 5.18. The van der Waals surface area contributed by atoms with Gasteiger partial charge in [0.25, 0.3) is 0 Å². The molecule has 0 bridgehead atoms. The van der Waals surface area contributed by atoms with E-state index >= 15 is 0 Å². The molecular formula is C12H20ClN5O. The van der Waals surface area contributed by atoms with Crippen LogP contribution in [-0.4, -0.2) is 61.2 Å². The fourth-order valence-corrected chi connectivity index (χ4v) is 2.37. The Hall–Kier alpha value is -1.11. The molecule has 1 aromatic rings. The van der Waals surface area contributed by atoms with Gasteiger partial charge in [0.2, 0.25) is 0 Å². The van der Waals surface area contributed by atoms with Crippen LogP contribution in [0.1, 0.15) is 6.42 Å². The maximum Gasteiger partial charge on any atom is 0.318 e. The molecule has 1 aromatic heterocycles. The minimum Gasteiger partial charge on any atom is -0.467 e. The third-order valence-electron chi connectivity index (χ3n) is 3.24. The van der Waals surface area contributed by atoms with Gasteiger partial charge in [-0.3, -0.25) is 4.90 Å². The van der Waals surface area contributed by atoms with Crippen LogP contribution in [0.5, 0.6) is 6.01 Å². The maximum absolute atomic E-state index is 6.15. The Morgan fingerprint density at radius 3 is 2.74 bits per heavy atom. The average Bonchev–Trinajstić information content (AvgIpc) is 2.46. The number of nitrogens with zero attached hydrogens (tertiary/aromatic N) is 4. The molecule has 0 atom stereocenters. The molecule has 7 heteroatoms. The number of hydrogen-bond acceptors (Lipinski definition) is 6. The van der Waals surface area contributed by atoms with Gasteiger partial charge in [-0.2, -0.15) is 4.98 Å². The lowest BCUT2D eigenvalue weighted by Crippen LogP contribution is -2.47.